The summed E-state index contributed by atoms with van der Waals surface area (Å²) in [5, 5.41) is 14.4. The fraction of sp³-hybridized carbons (Fsp3) is 0.286. The van der Waals surface area contributed by atoms with E-state index in [0.717, 1.165) is 33.4 Å². The summed E-state index contributed by atoms with van der Waals surface area (Å²) >= 11 is 0. The summed E-state index contributed by atoms with van der Waals surface area (Å²) in [4.78, 5) is 32.8. The molecule has 0 aliphatic rings. The SMILES string of the molecule is CC(O)C(CCn1ccc2ccc(NC(=O)CCc3nc4ccccc4n3C)cc21)n1cnc(C(N)=O)c1. The number of rotatable bonds is 10. The van der Waals surface area contributed by atoms with Gasteiger partial charge in [-0.05, 0) is 49.1 Å². The number of hydrogen-bond acceptors (Lipinski definition) is 5. The fourth-order valence-corrected chi connectivity index (χ4v) is 4.88. The average molecular weight is 514 g/mol. The minimum Gasteiger partial charge on any atom is -0.391 e. The first-order chi connectivity index (χ1) is 18.3. The second-order valence-corrected chi connectivity index (χ2v) is 9.57. The first-order valence-electron chi connectivity index (χ1n) is 12.6. The Morgan fingerprint density at radius 3 is 2.68 bits per heavy atom. The van der Waals surface area contributed by atoms with E-state index in [1.165, 1.54) is 6.33 Å². The lowest BCUT2D eigenvalue weighted by atomic mass is 10.1. The molecule has 5 rings (SSSR count). The minimum atomic E-state index is -0.655. The van der Waals surface area contributed by atoms with Gasteiger partial charge in [0.15, 0.2) is 0 Å². The summed E-state index contributed by atoms with van der Waals surface area (Å²) in [7, 11) is 1.97. The van der Waals surface area contributed by atoms with Crippen molar-refractivity contribution in [1.82, 2.24) is 23.7 Å². The zero-order chi connectivity index (χ0) is 26.8. The number of aromatic nitrogens is 5. The molecule has 0 spiro atoms. The lowest BCUT2D eigenvalue weighted by Gasteiger charge is -2.22. The molecule has 2 amide bonds. The Morgan fingerprint density at radius 1 is 1.13 bits per heavy atom. The molecule has 10 heteroatoms. The number of carbonyl (C=O) groups excluding carboxylic acids is 2. The van der Waals surface area contributed by atoms with Crippen molar-refractivity contribution in [1.29, 1.82) is 0 Å². The van der Waals surface area contributed by atoms with Gasteiger partial charge in [0.2, 0.25) is 5.91 Å². The summed E-state index contributed by atoms with van der Waals surface area (Å²) in [6, 6.07) is 15.5. The van der Waals surface area contributed by atoms with Gasteiger partial charge in [-0.3, -0.25) is 9.59 Å². The number of aliphatic hydroxyl groups is 1. The number of primary amides is 1. The van der Waals surface area contributed by atoms with Crippen LogP contribution in [-0.2, 0) is 24.8 Å². The Bertz CT molecular complexity index is 1610. The summed E-state index contributed by atoms with van der Waals surface area (Å²) in [6.07, 6.45) is 5.89. The van der Waals surface area contributed by atoms with Gasteiger partial charge < -0.3 is 29.9 Å². The number of nitrogens with two attached hydrogens (primary N) is 1. The zero-order valence-corrected chi connectivity index (χ0v) is 21.4. The predicted octanol–water partition coefficient (Wildman–Crippen LogP) is 3.41. The van der Waals surface area contributed by atoms with Crippen molar-refractivity contribution >= 4 is 39.4 Å². The lowest BCUT2D eigenvalue weighted by molar-refractivity contribution is -0.116. The van der Waals surface area contributed by atoms with Gasteiger partial charge in [0.1, 0.15) is 11.5 Å². The second-order valence-electron chi connectivity index (χ2n) is 9.57. The van der Waals surface area contributed by atoms with Crippen molar-refractivity contribution in [3.63, 3.8) is 0 Å². The Morgan fingerprint density at radius 2 is 1.95 bits per heavy atom. The predicted molar refractivity (Wildman–Crippen MR) is 146 cm³/mol. The monoisotopic (exact) mass is 513 g/mol. The van der Waals surface area contributed by atoms with Gasteiger partial charge in [0.25, 0.3) is 5.91 Å². The van der Waals surface area contributed by atoms with Crippen molar-refractivity contribution in [2.75, 3.05) is 5.32 Å². The van der Waals surface area contributed by atoms with Crippen LogP contribution in [0.1, 0.15) is 42.1 Å². The van der Waals surface area contributed by atoms with Gasteiger partial charge in [0.05, 0.1) is 35.0 Å². The van der Waals surface area contributed by atoms with Crippen molar-refractivity contribution in [2.45, 2.75) is 44.9 Å². The molecule has 2 atom stereocenters. The number of benzene rings is 2. The van der Waals surface area contributed by atoms with Crippen LogP contribution in [0.2, 0.25) is 0 Å². The molecule has 38 heavy (non-hydrogen) atoms. The quantitative estimate of drug-likeness (QED) is 0.263. The van der Waals surface area contributed by atoms with E-state index in [9.17, 15) is 14.7 Å². The number of anilines is 1. The number of nitrogens with one attached hydrogen (secondary N) is 1. The molecule has 0 fully saturated rings. The number of imidazole rings is 2. The van der Waals surface area contributed by atoms with Crippen LogP contribution in [0.4, 0.5) is 5.69 Å². The van der Waals surface area contributed by atoms with Crippen LogP contribution in [0.15, 0.2) is 67.3 Å². The molecule has 3 aromatic heterocycles. The molecule has 4 N–H and O–H groups in total. The van der Waals surface area contributed by atoms with Gasteiger partial charge in [-0.25, -0.2) is 9.97 Å². The molecule has 0 aliphatic carbocycles. The smallest absolute Gasteiger partial charge is 0.268 e. The van der Waals surface area contributed by atoms with Crippen molar-refractivity contribution in [2.24, 2.45) is 12.8 Å². The maximum absolute atomic E-state index is 12.7. The summed E-state index contributed by atoms with van der Waals surface area (Å²) in [5.41, 5.74) is 9.16. The van der Waals surface area contributed by atoms with Crippen LogP contribution in [0.25, 0.3) is 21.9 Å². The Labute approximate surface area is 219 Å². The molecule has 0 bridgehead atoms. The molecule has 0 aliphatic heterocycles. The highest BCUT2D eigenvalue weighted by Crippen LogP contribution is 2.24. The van der Waals surface area contributed by atoms with Gasteiger partial charge in [-0.15, -0.1) is 0 Å². The van der Waals surface area contributed by atoms with Gasteiger partial charge in [-0.1, -0.05) is 18.2 Å². The number of nitrogens with zero attached hydrogens (tertiary/aromatic N) is 5. The van der Waals surface area contributed by atoms with E-state index in [4.69, 9.17) is 5.73 Å². The first-order valence-corrected chi connectivity index (χ1v) is 12.6. The standard InChI is InChI=1S/C28H31N7O3/c1-18(36)23(35-16-22(28(29)38)30-17-35)12-14-34-13-11-19-7-8-20(15-25(19)34)31-27(37)10-9-26-32-21-5-3-4-6-24(21)33(26)2/h3-8,11,13,15-18,23,36H,9-10,12,14H2,1-2H3,(H2,29,38)(H,31,37). The van der Waals surface area contributed by atoms with E-state index in [2.05, 4.69) is 19.9 Å². The zero-order valence-electron chi connectivity index (χ0n) is 21.4. The largest absolute Gasteiger partial charge is 0.391 e. The summed E-state index contributed by atoms with van der Waals surface area (Å²) in [6.45, 7) is 2.33. The van der Waals surface area contributed by atoms with Gasteiger partial charge in [0, 0.05) is 44.5 Å². The topological polar surface area (TPSA) is 133 Å². The van der Waals surface area contributed by atoms with Crippen LogP contribution in [0.3, 0.4) is 0 Å². The molecule has 3 heterocycles. The second kappa shape index (κ2) is 10.5. The van der Waals surface area contributed by atoms with Crippen LogP contribution >= 0.6 is 0 Å². The van der Waals surface area contributed by atoms with Crippen molar-refractivity contribution < 1.29 is 14.7 Å². The normalized spacial score (nSPS) is 13.1. The van der Waals surface area contributed by atoms with E-state index in [1.54, 1.807) is 17.7 Å². The van der Waals surface area contributed by atoms with E-state index in [1.807, 2.05) is 66.3 Å². The molecule has 0 saturated heterocycles. The molecule has 2 aromatic carbocycles. The highest BCUT2D eigenvalue weighted by Gasteiger charge is 2.19. The highest BCUT2D eigenvalue weighted by molar-refractivity contribution is 5.94. The van der Waals surface area contributed by atoms with Gasteiger partial charge >= 0.3 is 0 Å². The maximum Gasteiger partial charge on any atom is 0.268 e. The van der Waals surface area contributed by atoms with Crippen LogP contribution in [0.5, 0.6) is 0 Å². The number of aryl methyl sites for hydroxylation is 3. The third-order valence-electron chi connectivity index (χ3n) is 6.97. The Hall–Kier alpha value is -4.44. The van der Waals surface area contributed by atoms with Crippen LogP contribution in [0, 0.1) is 0 Å². The lowest BCUT2D eigenvalue weighted by Crippen LogP contribution is -2.22. The van der Waals surface area contributed by atoms with E-state index in [0.29, 0.717) is 25.8 Å². The molecule has 2 unspecified atom stereocenters. The van der Waals surface area contributed by atoms with Crippen LogP contribution in [-0.4, -0.2) is 46.7 Å². The van der Waals surface area contributed by atoms with Crippen LogP contribution < -0.4 is 11.1 Å². The number of fused-ring (bicyclic) bond motifs is 2. The first kappa shape index (κ1) is 25.2. The molecule has 0 radical (unpaired) electrons. The number of amides is 2. The molecule has 5 aromatic rings. The maximum atomic E-state index is 12.7. The van der Waals surface area contributed by atoms with Gasteiger partial charge in [-0.2, -0.15) is 0 Å². The minimum absolute atomic E-state index is 0.0750. The Kier molecular flexibility index (Phi) is 6.97. The summed E-state index contributed by atoms with van der Waals surface area (Å²) in [5.74, 6) is 0.195. The molecule has 196 valence electrons. The Balaban J connectivity index is 1.25. The van der Waals surface area contributed by atoms with E-state index >= 15 is 0 Å². The molecular formula is C28H31N7O3. The van der Waals surface area contributed by atoms with E-state index in [-0.39, 0.29) is 17.6 Å². The molecule has 0 saturated carbocycles. The average Bonchev–Trinajstić information content (AvgIpc) is 3.61. The number of hydrogen-bond donors (Lipinski definition) is 3. The van der Waals surface area contributed by atoms with E-state index < -0.39 is 12.0 Å². The molecular weight excluding hydrogens is 482 g/mol. The number of carbonyl (C=O) groups is 2. The number of aliphatic hydroxyl groups excluding tert-OH is 1. The highest BCUT2D eigenvalue weighted by atomic mass is 16.3. The van der Waals surface area contributed by atoms with Crippen molar-refractivity contribution in [3.05, 3.63) is 78.8 Å². The third-order valence-corrected chi connectivity index (χ3v) is 6.97. The van der Waals surface area contributed by atoms with Crippen molar-refractivity contribution in [3.8, 4) is 0 Å². The third kappa shape index (κ3) is 5.16. The summed E-state index contributed by atoms with van der Waals surface area (Å²) < 4.78 is 5.85. The fourth-order valence-electron chi connectivity index (χ4n) is 4.88. The molecule has 10 nitrogen and oxygen atoms in total. The number of para-hydroxylation sites is 2.